The minimum Gasteiger partial charge on any atom is -0.390 e. The van der Waals surface area contributed by atoms with Gasteiger partial charge in [-0.2, -0.15) is 0 Å². The van der Waals surface area contributed by atoms with Crippen LogP contribution in [0.2, 0.25) is 0 Å². The number of aliphatic hydroxyl groups is 1. The molecule has 2 aromatic rings. The number of aromatic nitrogens is 1. The molecule has 2 aliphatic rings. The lowest BCUT2D eigenvalue weighted by molar-refractivity contribution is 0.00687. The number of rotatable bonds is 4. The van der Waals surface area contributed by atoms with Crippen molar-refractivity contribution < 1.29 is 5.11 Å². The van der Waals surface area contributed by atoms with Crippen LogP contribution in [0, 0.1) is 0 Å². The Balaban J connectivity index is 1.59. The molecule has 0 saturated carbocycles. The number of nitrogens with zero attached hydrogens (tertiary/aromatic N) is 2. The lowest BCUT2D eigenvalue weighted by Gasteiger charge is -2.40. The van der Waals surface area contributed by atoms with E-state index in [1.54, 1.807) is 0 Å². The molecular formula is C21H27N3O. The van der Waals surface area contributed by atoms with Crippen LogP contribution in [0.15, 0.2) is 48.7 Å². The van der Waals surface area contributed by atoms with E-state index < -0.39 is 0 Å². The van der Waals surface area contributed by atoms with E-state index in [4.69, 9.17) is 0 Å². The van der Waals surface area contributed by atoms with Crippen LogP contribution in [0.5, 0.6) is 0 Å². The minimum atomic E-state index is -0.347. The Kier molecular flexibility index (Phi) is 4.59. The number of hydrogen-bond donors (Lipinski definition) is 2. The van der Waals surface area contributed by atoms with Crippen molar-refractivity contribution in [1.82, 2.24) is 15.2 Å². The number of aliphatic hydroxyl groups excluding tert-OH is 1. The van der Waals surface area contributed by atoms with Crippen molar-refractivity contribution in [2.45, 2.75) is 36.8 Å². The first kappa shape index (κ1) is 16.7. The lowest BCUT2D eigenvalue weighted by Crippen LogP contribution is -2.48. The second kappa shape index (κ2) is 6.87. The average Bonchev–Trinajstić information content (AvgIpc) is 2.90. The van der Waals surface area contributed by atoms with E-state index in [0.717, 1.165) is 44.6 Å². The molecule has 1 aromatic heterocycles. The molecule has 1 aromatic carbocycles. The summed E-state index contributed by atoms with van der Waals surface area (Å²) in [5.74, 6) is 0. The van der Waals surface area contributed by atoms with Crippen LogP contribution in [-0.4, -0.2) is 47.8 Å². The quantitative estimate of drug-likeness (QED) is 0.899. The molecule has 0 unspecified atom stereocenters. The standard InChI is InChI=1S/C21H27N3O/c1-24(15-9-16-6-4-5-12-23-16)19-17-7-2-3-8-18(17)21(20(19)25)10-13-22-14-11-21/h2-8,12,19-20,22,25H,9-11,13-15H2,1H3/t19-,20+/m1/s1. The molecule has 2 atom stereocenters. The van der Waals surface area contributed by atoms with Gasteiger partial charge in [-0.3, -0.25) is 9.88 Å². The Labute approximate surface area is 149 Å². The monoisotopic (exact) mass is 337 g/mol. The second-order valence-corrected chi connectivity index (χ2v) is 7.43. The molecule has 2 heterocycles. The normalized spacial score (nSPS) is 24.6. The number of piperidine rings is 1. The van der Waals surface area contributed by atoms with E-state index in [0.29, 0.717) is 0 Å². The second-order valence-electron chi connectivity index (χ2n) is 7.43. The van der Waals surface area contributed by atoms with Gasteiger partial charge in [-0.15, -0.1) is 0 Å². The molecule has 4 rings (SSSR count). The fraction of sp³-hybridized carbons (Fsp3) is 0.476. The van der Waals surface area contributed by atoms with Crippen molar-refractivity contribution in [3.05, 3.63) is 65.5 Å². The average molecular weight is 337 g/mol. The van der Waals surface area contributed by atoms with Crippen LogP contribution in [0.1, 0.15) is 35.7 Å². The summed E-state index contributed by atoms with van der Waals surface area (Å²) in [7, 11) is 2.13. The molecule has 1 aliphatic heterocycles. The topological polar surface area (TPSA) is 48.4 Å². The fourth-order valence-corrected chi connectivity index (χ4v) is 4.73. The van der Waals surface area contributed by atoms with Gasteiger partial charge < -0.3 is 10.4 Å². The van der Waals surface area contributed by atoms with Crippen molar-refractivity contribution in [2.75, 3.05) is 26.7 Å². The number of fused-ring (bicyclic) bond motifs is 2. The molecule has 0 amide bonds. The van der Waals surface area contributed by atoms with Crippen molar-refractivity contribution in [1.29, 1.82) is 0 Å². The summed E-state index contributed by atoms with van der Waals surface area (Å²) in [4.78, 5) is 6.74. The molecule has 2 N–H and O–H groups in total. The van der Waals surface area contributed by atoms with Gasteiger partial charge in [0.2, 0.25) is 0 Å². The van der Waals surface area contributed by atoms with Gasteiger partial charge in [-0.05, 0) is 56.2 Å². The largest absolute Gasteiger partial charge is 0.390 e. The number of likely N-dealkylation sites (N-methyl/N-ethyl adjacent to an activating group) is 1. The minimum absolute atomic E-state index is 0.0676. The van der Waals surface area contributed by atoms with Crippen LogP contribution in [0.3, 0.4) is 0 Å². The number of nitrogens with one attached hydrogen (secondary N) is 1. The molecule has 4 heteroatoms. The van der Waals surface area contributed by atoms with Crippen molar-refractivity contribution in [3.8, 4) is 0 Å². The predicted octanol–water partition coefficient (Wildman–Crippen LogP) is 2.29. The van der Waals surface area contributed by atoms with Crippen LogP contribution >= 0.6 is 0 Å². The van der Waals surface area contributed by atoms with Crippen molar-refractivity contribution in [3.63, 3.8) is 0 Å². The van der Waals surface area contributed by atoms with Gasteiger partial charge in [0.25, 0.3) is 0 Å². The zero-order valence-corrected chi connectivity index (χ0v) is 14.9. The van der Waals surface area contributed by atoms with Gasteiger partial charge in [0.15, 0.2) is 0 Å². The van der Waals surface area contributed by atoms with E-state index >= 15 is 0 Å². The van der Waals surface area contributed by atoms with Crippen LogP contribution in [-0.2, 0) is 11.8 Å². The molecule has 25 heavy (non-hydrogen) atoms. The highest BCUT2D eigenvalue weighted by Gasteiger charge is 2.52. The van der Waals surface area contributed by atoms with Gasteiger partial charge in [-0.1, -0.05) is 30.3 Å². The molecule has 1 aliphatic carbocycles. The molecule has 0 bridgehead atoms. The van der Waals surface area contributed by atoms with Gasteiger partial charge in [0, 0.05) is 30.3 Å². The van der Waals surface area contributed by atoms with Gasteiger partial charge in [0.05, 0.1) is 12.1 Å². The maximum Gasteiger partial charge on any atom is 0.0834 e. The number of hydrogen-bond acceptors (Lipinski definition) is 4. The predicted molar refractivity (Wildman–Crippen MR) is 99.5 cm³/mol. The summed E-state index contributed by atoms with van der Waals surface area (Å²) < 4.78 is 0. The molecular weight excluding hydrogens is 310 g/mol. The van der Waals surface area contributed by atoms with Gasteiger partial charge in [-0.25, -0.2) is 0 Å². The zero-order chi connectivity index (χ0) is 17.3. The fourth-order valence-electron chi connectivity index (χ4n) is 4.73. The smallest absolute Gasteiger partial charge is 0.0834 e. The first-order valence-corrected chi connectivity index (χ1v) is 9.31. The van der Waals surface area contributed by atoms with Crippen molar-refractivity contribution >= 4 is 0 Å². The maximum atomic E-state index is 11.4. The first-order chi connectivity index (χ1) is 12.2. The van der Waals surface area contributed by atoms with Crippen LogP contribution < -0.4 is 5.32 Å². The first-order valence-electron chi connectivity index (χ1n) is 9.31. The van der Waals surface area contributed by atoms with E-state index in [1.807, 2.05) is 18.3 Å². The van der Waals surface area contributed by atoms with Gasteiger partial charge in [0.1, 0.15) is 0 Å². The third kappa shape index (κ3) is 2.88. The number of benzene rings is 1. The van der Waals surface area contributed by atoms with Crippen LogP contribution in [0.25, 0.3) is 0 Å². The lowest BCUT2D eigenvalue weighted by atomic mass is 9.72. The highest BCUT2D eigenvalue weighted by Crippen LogP contribution is 2.51. The Hall–Kier alpha value is -1.75. The summed E-state index contributed by atoms with van der Waals surface area (Å²) in [6, 6.07) is 14.8. The molecule has 1 saturated heterocycles. The Morgan fingerprint density at radius 3 is 2.68 bits per heavy atom. The number of pyridine rings is 1. The van der Waals surface area contributed by atoms with E-state index in [2.05, 4.69) is 52.6 Å². The third-order valence-electron chi connectivity index (χ3n) is 6.10. The molecule has 0 radical (unpaired) electrons. The summed E-state index contributed by atoms with van der Waals surface area (Å²) in [6.45, 7) is 2.85. The SMILES string of the molecule is CN(CCc1ccccn1)[C@@H]1c2ccccc2C2(CCNCC2)[C@H]1O. The summed E-state index contributed by atoms with van der Waals surface area (Å²) in [6.07, 6.45) is 4.42. The molecule has 4 nitrogen and oxygen atoms in total. The highest BCUT2D eigenvalue weighted by molar-refractivity contribution is 5.45. The summed E-state index contributed by atoms with van der Waals surface area (Å²) in [5.41, 5.74) is 3.68. The summed E-state index contributed by atoms with van der Waals surface area (Å²) >= 11 is 0. The van der Waals surface area contributed by atoms with Crippen molar-refractivity contribution in [2.24, 2.45) is 0 Å². The highest BCUT2D eigenvalue weighted by atomic mass is 16.3. The zero-order valence-electron chi connectivity index (χ0n) is 14.9. The Morgan fingerprint density at radius 1 is 1.16 bits per heavy atom. The van der Waals surface area contributed by atoms with E-state index in [-0.39, 0.29) is 17.6 Å². The molecule has 1 fully saturated rings. The third-order valence-corrected chi connectivity index (χ3v) is 6.10. The molecule has 132 valence electrons. The van der Waals surface area contributed by atoms with E-state index in [9.17, 15) is 5.11 Å². The van der Waals surface area contributed by atoms with Crippen LogP contribution in [0.4, 0.5) is 0 Å². The molecule has 1 spiro atoms. The maximum absolute atomic E-state index is 11.4. The van der Waals surface area contributed by atoms with Gasteiger partial charge >= 0.3 is 0 Å². The Bertz CT molecular complexity index is 712. The Morgan fingerprint density at radius 2 is 1.92 bits per heavy atom. The van der Waals surface area contributed by atoms with E-state index in [1.165, 1.54) is 11.1 Å². The summed E-state index contributed by atoms with van der Waals surface area (Å²) in [5, 5.41) is 14.8.